The summed E-state index contributed by atoms with van der Waals surface area (Å²) < 4.78 is 4.65. The largest absolute Gasteiger partial charge is 0.364 e. The standard InChI is InChI=1S/C13H13N3O3/c1-9(17)14-10-2-4-11(5-3-10)15-13(18)8-12-6-7-19-16-12/h2-7H,8H2,1H3,(H,14,17)(H,15,18). The molecule has 98 valence electrons. The van der Waals surface area contributed by atoms with E-state index in [2.05, 4.69) is 20.3 Å². The lowest BCUT2D eigenvalue weighted by molar-refractivity contribution is -0.116. The van der Waals surface area contributed by atoms with Gasteiger partial charge in [-0.25, -0.2) is 0 Å². The molecule has 2 aromatic rings. The molecule has 0 unspecified atom stereocenters. The number of hydrogen-bond acceptors (Lipinski definition) is 4. The van der Waals surface area contributed by atoms with Crippen LogP contribution in [-0.4, -0.2) is 17.0 Å². The number of nitrogens with zero attached hydrogens (tertiary/aromatic N) is 1. The third-order valence-corrected chi connectivity index (χ3v) is 2.32. The molecule has 2 amide bonds. The summed E-state index contributed by atoms with van der Waals surface area (Å²) in [6.07, 6.45) is 1.58. The summed E-state index contributed by atoms with van der Waals surface area (Å²) in [5.74, 6) is -0.316. The number of amides is 2. The van der Waals surface area contributed by atoms with E-state index < -0.39 is 0 Å². The quantitative estimate of drug-likeness (QED) is 0.877. The second-order valence-electron chi connectivity index (χ2n) is 3.97. The van der Waals surface area contributed by atoms with E-state index in [4.69, 9.17) is 0 Å². The normalized spacial score (nSPS) is 9.95. The maximum Gasteiger partial charge on any atom is 0.230 e. The summed E-state index contributed by atoms with van der Waals surface area (Å²) in [5, 5.41) is 9.04. The summed E-state index contributed by atoms with van der Waals surface area (Å²) in [5.41, 5.74) is 1.91. The van der Waals surface area contributed by atoms with Crippen LogP contribution in [0.1, 0.15) is 12.6 Å². The first-order valence-electron chi connectivity index (χ1n) is 5.70. The van der Waals surface area contributed by atoms with E-state index in [0.717, 1.165) is 0 Å². The molecule has 2 N–H and O–H groups in total. The van der Waals surface area contributed by atoms with Crippen molar-refractivity contribution in [2.45, 2.75) is 13.3 Å². The number of carbonyl (C=O) groups excluding carboxylic acids is 2. The van der Waals surface area contributed by atoms with Gasteiger partial charge in [-0.2, -0.15) is 0 Å². The van der Waals surface area contributed by atoms with Gasteiger partial charge in [0, 0.05) is 24.4 Å². The van der Waals surface area contributed by atoms with Crippen LogP contribution in [0.25, 0.3) is 0 Å². The molecule has 0 saturated heterocycles. The van der Waals surface area contributed by atoms with Crippen LogP contribution in [0.5, 0.6) is 0 Å². The topological polar surface area (TPSA) is 84.2 Å². The maximum atomic E-state index is 11.7. The van der Waals surface area contributed by atoms with Crippen molar-refractivity contribution in [3.8, 4) is 0 Å². The minimum absolute atomic E-state index is 0.136. The minimum Gasteiger partial charge on any atom is -0.364 e. The molecule has 2 rings (SSSR count). The van der Waals surface area contributed by atoms with Crippen LogP contribution in [0.2, 0.25) is 0 Å². The highest BCUT2D eigenvalue weighted by Crippen LogP contribution is 2.13. The Bertz CT molecular complexity index is 561. The lowest BCUT2D eigenvalue weighted by Crippen LogP contribution is -2.14. The van der Waals surface area contributed by atoms with Gasteiger partial charge in [0.05, 0.1) is 12.1 Å². The molecule has 0 atom stereocenters. The average Bonchev–Trinajstić information content (AvgIpc) is 2.83. The van der Waals surface area contributed by atoms with Crippen LogP contribution >= 0.6 is 0 Å². The van der Waals surface area contributed by atoms with Crippen molar-refractivity contribution in [2.75, 3.05) is 10.6 Å². The number of aromatic nitrogens is 1. The Morgan fingerprint density at radius 3 is 2.26 bits per heavy atom. The highest BCUT2D eigenvalue weighted by molar-refractivity contribution is 5.93. The Morgan fingerprint density at radius 2 is 1.74 bits per heavy atom. The number of benzene rings is 1. The molecule has 6 nitrogen and oxygen atoms in total. The highest BCUT2D eigenvalue weighted by Gasteiger charge is 2.06. The molecule has 1 aromatic carbocycles. The molecule has 6 heteroatoms. The van der Waals surface area contributed by atoms with Gasteiger partial charge in [0.1, 0.15) is 6.26 Å². The zero-order chi connectivity index (χ0) is 13.7. The third kappa shape index (κ3) is 3.95. The SMILES string of the molecule is CC(=O)Nc1ccc(NC(=O)Cc2ccon2)cc1. The predicted octanol–water partition coefficient (Wildman–Crippen LogP) is 1.81. The lowest BCUT2D eigenvalue weighted by Gasteiger charge is -2.06. The van der Waals surface area contributed by atoms with Crippen LogP contribution in [0.4, 0.5) is 11.4 Å². The number of nitrogens with one attached hydrogen (secondary N) is 2. The number of anilines is 2. The van der Waals surface area contributed by atoms with Gasteiger partial charge in [-0.15, -0.1) is 0 Å². The minimum atomic E-state index is -0.179. The fourth-order valence-electron chi connectivity index (χ4n) is 1.54. The summed E-state index contributed by atoms with van der Waals surface area (Å²) in [7, 11) is 0. The molecule has 0 aliphatic heterocycles. The van der Waals surface area contributed by atoms with E-state index in [9.17, 15) is 9.59 Å². The molecular weight excluding hydrogens is 246 g/mol. The Labute approximate surface area is 109 Å². The zero-order valence-corrected chi connectivity index (χ0v) is 10.3. The van der Waals surface area contributed by atoms with Gasteiger partial charge < -0.3 is 15.2 Å². The van der Waals surface area contributed by atoms with E-state index in [-0.39, 0.29) is 18.2 Å². The fraction of sp³-hybridized carbons (Fsp3) is 0.154. The molecule has 0 aliphatic carbocycles. The van der Waals surface area contributed by atoms with E-state index in [0.29, 0.717) is 17.1 Å². The number of rotatable bonds is 4. The van der Waals surface area contributed by atoms with Gasteiger partial charge in [-0.3, -0.25) is 9.59 Å². The second-order valence-corrected chi connectivity index (χ2v) is 3.97. The molecule has 1 aromatic heterocycles. The van der Waals surface area contributed by atoms with E-state index in [1.54, 1.807) is 30.3 Å². The van der Waals surface area contributed by atoms with Crippen molar-refractivity contribution in [1.82, 2.24) is 5.16 Å². The first kappa shape index (κ1) is 12.8. The van der Waals surface area contributed by atoms with Crippen molar-refractivity contribution in [1.29, 1.82) is 0 Å². The molecule has 0 fully saturated rings. The van der Waals surface area contributed by atoms with E-state index >= 15 is 0 Å². The summed E-state index contributed by atoms with van der Waals surface area (Å²) in [6.45, 7) is 1.44. The van der Waals surface area contributed by atoms with Crippen molar-refractivity contribution in [2.24, 2.45) is 0 Å². The van der Waals surface area contributed by atoms with Gasteiger partial charge in [0.2, 0.25) is 11.8 Å². The fourth-order valence-corrected chi connectivity index (χ4v) is 1.54. The molecular formula is C13H13N3O3. The maximum absolute atomic E-state index is 11.7. The molecule has 0 saturated carbocycles. The molecule has 0 bridgehead atoms. The van der Waals surface area contributed by atoms with Gasteiger partial charge >= 0.3 is 0 Å². The van der Waals surface area contributed by atoms with Crippen LogP contribution in [0.3, 0.4) is 0 Å². The third-order valence-electron chi connectivity index (χ3n) is 2.32. The predicted molar refractivity (Wildman–Crippen MR) is 69.6 cm³/mol. The number of hydrogen-bond donors (Lipinski definition) is 2. The zero-order valence-electron chi connectivity index (χ0n) is 10.3. The molecule has 19 heavy (non-hydrogen) atoms. The van der Waals surface area contributed by atoms with E-state index in [1.165, 1.54) is 13.2 Å². The van der Waals surface area contributed by atoms with Crippen LogP contribution < -0.4 is 10.6 Å². The number of carbonyl (C=O) groups is 2. The van der Waals surface area contributed by atoms with Gasteiger partial charge in [0.25, 0.3) is 0 Å². The summed E-state index contributed by atoms with van der Waals surface area (Å²) in [6, 6.07) is 8.50. The van der Waals surface area contributed by atoms with Gasteiger partial charge in [0.15, 0.2) is 0 Å². The van der Waals surface area contributed by atoms with Gasteiger partial charge in [-0.1, -0.05) is 5.16 Å². The van der Waals surface area contributed by atoms with Crippen molar-refractivity contribution in [3.63, 3.8) is 0 Å². The monoisotopic (exact) mass is 259 g/mol. The smallest absolute Gasteiger partial charge is 0.230 e. The van der Waals surface area contributed by atoms with Crippen LogP contribution in [0, 0.1) is 0 Å². The van der Waals surface area contributed by atoms with Crippen molar-refractivity contribution < 1.29 is 14.1 Å². The van der Waals surface area contributed by atoms with Crippen molar-refractivity contribution >= 4 is 23.2 Å². The summed E-state index contributed by atoms with van der Waals surface area (Å²) >= 11 is 0. The Kier molecular flexibility index (Phi) is 3.92. The Hall–Kier alpha value is -2.63. The Balaban J connectivity index is 1.92. The summed E-state index contributed by atoms with van der Waals surface area (Å²) in [4.78, 5) is 22.5. The van der Waals surface area contributed by atoms with Crippen molar-refractivity contribution in [3.05, 3.63) is 42.3 Å². The van der Waals surface area contributed by atoms with Crippen LogP contribution in [-0.2, 0) is 16.0 Å². The Morgan fingerprint density at radius 1 is 1.11 bits per heavy atom. The average molecular weight is 259 g/mol. The molecule has 0 aliphatic rings. The molecule has 1 heterocycles. The first-order valence-corrected chi connectivity index (χ1v) is 5.70. The first-order chi connectivity index (χ1) is 9.13. The van der Waals surface area contributed by atoms with E-state index in [1.807, 2.05) is 0 Å². The van der Waals surface area contributed by atoms with Gasteiger partial charge in [-0.05, 0) is 24.3 Å². The molecule has 0 spiro atoms. The lowest BCUT2D eigenvalue weighted by atomic mass is 10.2. The molecule has 0 radical (unpaired) electrons. The van der Waals surface area contributed by atoms with Crippen LogP contribution in [0.15, 0.2) is 41.1 Å². The second kappa shape index (κ2) is 5.81. The highest BCUT2D eigenvalue weighted by atomic mass is 16.5.